The Labute approximate surface area is 69.3 Å². The molecule has 0 N–H and O–H groups in total. The summed E-state index contributed by atoms with van der Waals surface area (Å²) in [6.07, 6.45) is 2.18. The second-order valence-corrected chi connectivity index (χ2v) is 5.94. The van der Waals surface area contributed by atoms with Crippen LogP contribution >= 0.6 is 35.3 Å². The van der Waals surface area contributed by atoms with Gasteiger partial charge in [-0.25, -0.2) is 0 Å². The number of hydrogen-bond acceptors (Lipinski definition) is 4. The minimum Gasteiger partial charge on any atom is -0.288 e. The molecule has 0 atom stereocenters. The molecule has 1 aliphatic heterocycles. The van der Waals surface area contributed by atoms with Crippen molar-refractivity contribution in [3.8, 4) is 0 Å². The van der Waals surface area contributed by atoms with Gasteiger partial charge in [-0.15, -0.1) is 35.3 Å². The minimum atomic E-state index is 0.779. The van der Waals surface area contributed by atoms with E-state index in [0.717, 1.165) is 3.91 Å². The molecule has 0 amide bonds. The maximum atomic E-state index is 2.34. The first-order valence-corrected chi connectivity index (χ1v) is 6.16. The van der Waals surface area contributed by atoms with Crippen LogP contribution in [0.2, 0.25) is 0 Å². The SMILES string of the molecule is CSC1SCN(C)CS1. The molecule has 1 nitrogen and oxygen atoms in total. The van der Waals surface area contributed by atoms with E-state index < -0.39 is 0 Å². The predicted molar refractivity (Wildman–Crippen MR) is 50.0 cm³/mol. The van der Waals surface area contributed by atoms with Crippen LogP contribution in [0.1, 0.15) is 0 Å². The molecule has 0 aliphatic carbocycles. The van der Waals surface area contributed by atoms with Gasteiger partial charge in [0.1, 0.15) is 0 Å². The van der Waals surface area contributed by atoms with Crippen molar-refractivity contribution in [1.29, 1.82) is 0 Å². The van der Waals surface area contributed by atoms with Crippen molar-refractivity contribution >= 4 is 35.3 Å². The van der Waals surface area contributed by atoms with Crippen molar-refractivity contribution in [2.75, 3.05) is 25.1 Å². The van der Waals surface area contributed by atoms with Crippen LogP contribution < -0.4 is 0 Å². The molecule has 0 saturated carbocycles. The third-order valence-electron chi connectivity index (χ3n) is 1.05. The molecular weight excluding hydrogens is 170 g/mol. The van der Waals surface area contributed by atoms with Gasteiger partial charge in [0, 0.05) is 11.8 Å². The van der Waals surface area contributed by atoms with Gasteiger partial charge in [0.05, 0.1) is 3.91 Å². The summed E-state index contributed by atoms with van der Waals surface area (Å²) in [6, 6.07) is 0. The van der Waals surface area contributed by atoms with Crippen molar-refractivity contribution in [2.45, 2.75) is 3.91 Å². The maximum Gasteiger partial charge on any atom is 0.0979 e. The van der Waals surface area contributed by atoms with Crippen LogP contribution in [-0.4, -0.2) is 33.9 Å². The molecule has 4 heteroatoms. The Balaban J connectivity index is 2.18. The Morgan fingerprint density at radius 3 is 2.44 bits per heavy atom. The van der Waals surface area contributed by atoms with E-state index in [1.165, 1.54) is 11.8 Å². The summed E-state index contributed by atoms with van der Waals surface area (Å²) in [4.78, 5) is 2.34. The third-order valence-corrected chi connectivity index (χ3v) is 5.95. The number of hydrogen-bond donors (Lipinski definition) is 0. The van der Waals surface area contributed by atoms with Gasteiger partial charge < -0.3 is 0 Å². The zero-order valence-corrected chi connectivity index (χ0v) is 8.11. The lowest BCUT2D eigenvalue weighted by atomic mass is 11.0. The molecule has 0 unspecified atom stereocenters. The first-order chi connectivity index (χ1) is 4.33. The Hall–Kier alpha value is 1.01. The second kappa shape index (κ2) is 4.01. The van der Waals surface area contributed by atoms with E-state index in [2.05, 4.69) is 18.2 Å². The summed E-state index contributed by atoms with van der Waals surface area (Å²) in [5.74, 6) is 2.39. The molecule has 1 saturated heterocycles. The molecule has 9 heavy (non-hydrogen) atoms. The highest BCUT2D eigenvalue weighted by molar-refractivity contribution is 8.32. The molecule has 0 bridgehead atoms. The van der Waals surface area contributed by atoms with Crippen LogP contribution in [0.5, 0.6) is 0 Å². The average molecular weight is 181 g/mol. The largest absolute Gasteiger partial charge is 0.288 e. The van der Waals surface area contributed by atoms with Crippen molar-refractivity contribution < 1.29 is 0 Å². The molecule has 1 aliphatic rings. The molecule has 0 radical (unpaired) electrons. The van der Waals surface area contributed by atoms with E-state index in [4.69, 9.17) is 0 Å². The van der Waals surface area contributed by atoms with Crippen LogP contribution in [0.15, 0.2) is 0 Å². The van der Waals surface area contributed by atoms with Gasteiger partial charge in [-0.2, -0.15) is 0 Å². The summed E-state index contributed by atoms with van der Waals surface area (Å²) in [5.41, 5.74) is 0. The highest BCUT2D eigenvalue weighted by Crippen LogP contribution is 2.36. The Morgan fingerprint density at radius 1 is 1.44 bits per heavy atom. The van der Waals surface area contributed by atoms with Crippen LogP contribution in [0, 0.1) is 0 Å². The summed E-state index contributed by atoms with van der Waals surface area (Å²) >= 11 is 5.99. The van der Waals surface area contributed by atoms with Crippen LogP contribution in [0.4, 0.5) is 0 Å². The lowest BCUT2D eigenvalue weighted by Crippen LogP contribution is -2.23. The van der Waals surface area contributed by atoms with E-state index >= 15 is 0 Å². The first-order valence-electron chi connectivity index (χ1n) is 2.77. The lowest BCUT2D eigenvalue weighted by Gasteiger charge is -2.26. The minimum absolute atomic E-state index is 0.779. The number of nitrogens with zero attached hydrogens (tertiary/aromatic N) is 1. The zero-order chi connectivity index (χ0) is 6.69. The number of thioether (sulfide) groups is 3. The van der Waals surface area contributed by atoms with Gasteiger partial charge in [-0.1, -0.05) is 0 Å². The summed E-state index contributed by atoms with van der Waals surface area (Å²) in [7, 11) is 2.16. The molecule has 1 rings (SSSR count). The normalized spacial score (nSPS) is 24.7. The van der Waals surface area contributed by atoms with Crippen LogP contribution in [0.3, 0.4) is 0 Å². The molecule has 54 valence electrons. The second-order valence-electron chi connectivity index (χ2n) is 1.97. The fourth-order valence-electron chi connectivity index (χ4n) is 0.598. The van der Waals surface area contributed by atoms with Gasteiger partial charge in [0.15, 0.2) is 0 Å². The van der Waals surface area contributed by atoms with Crippen LogP contribution in [-0.2, 0) is 0 Å². The van der Waals surface area contributed by atoms with Crippen LogP contribution in [0.25, 0.3) is 0 Å². The fourth-order valence-corrected chi connectivity index (χ4v) is 3.85. The van der Waals surface area contributed by atoms with Gasteiger partial charge >= 0.3 is 0 Å². The fraction of sp³-hybridized carbons (Fsp3) is 1.00. The lowest BCUT2D eigenvalue weighted by molar-refractivity contribution is 0.464. The molecule has 0 aromatic rings. The zero-order valence-electron chi connectivity index (χ0n) is 5.66. The third kappa shape index (κ3) is 2.62. The molecule has 0 aromatic heterocycles. The first kappa shape index (κ1) is 8.11. The number of rotatable bonds is 1. The quantitative estimate of drug-likeness (QED) is 0.608. The predicted octanol–water partition coefficient (Wildman–Crippen LogP) is 1.96. The van der Waals surface area contributed by atoms with E-state index in [0.29, 0.717) is 0 Å². The van der Waals surface area contributed by atoms with E-state index in [1.54, 1.807) is 0 Å². The molecule has 0 spiro atoms. The van der Waals surface area contributed by atoms with Gasteiger partial charge in [0.25, 0.3) is 0 Å². The average Bonchev–Trinajstić information content (AvgIpc) is 1.90. The Morgan fingerprint density at radius 2 is 2.00 bits per heavy atom. The van der Waals surface area contributed by atoms with E-state index in [1.807, 2.05) is 35.3 Å². The van der Waals surface area contributed by atoms with Gasteiger partial charge in [-0.3, -0.25) is 4.90 Å². The topological polar surface area (TPSA) is 3.24 Å². The maximum absolute atomic E-state index is 2.34. The van der Waals surface area contributed by atoms with Crippen molar-refractivity contribution in [3.05, 3.63) is 0 Å². The molecule has 0 aromatic carbocycles. The van der Waals surface area contributed by atoms with Crippen molar-refractivity contribution in [1.82, 2.24) is 4.90 Å². The highest BCUT2D eigenvalue weighted by Gasteiger charge is 2.15. The van der Waals surface area contributed by atoms with Gasteiger partial charge in [0.2, 0.25) is 0 Å². The van der Waals surface area contributed by atoms with Crippen molar-refractivity contribution in [3.63, 3.8) is 0 Å². The highest BCUT2D eigenvalue weighted by atomic mass is 32.3. The summed E-state index contributed by atoms with van der Waals surface area (Å²) in [6.45, 7) is 0. The van der Waals surface area contributed by atoms with E-state index in [9.17, 15) is 0 Å². The van der Waals surface area contributed by atoms with Gasteiger partial charge in [-0.05, 0) is 13.3 Å². The molecular formula is C5H11NS3. The monoisotopic (exact) mass is 181 g/mol. The summed E-state index contributed by atoms with van der Waals surface area (Å²) in [5, 5.41) is 0. The smallest absolute Gasteiger partial charge is 0.0979 e. The standard InChI is InChI=1S/C5H11NS3/c1-6-3-8-5(7-2)9-4-6/h5H,3-4H2,1-2H3. The summed E-state index contributed by atoms with van der Waals surface area (Å²) < 4.78 is 0.779. The van der Waals surface area contributed by atoms with E-state index in [-0.39, 0.29) is 0 Å². The Bertz CT molecular complexity index is 80.3. The molecule has 1 heterocycles. The van der Waals surface area contributed by atoms with Crippen molar-refractivity contribution in [2.24, 2.45) is 0 Å². The molecule has 1 fully saturated rings. The Kier molecular flexibility index (Phi) is 3.61.